The largest absolute Gasteiger partial charge is 0.368 e. The number of hydrogen-bond acceptors (Lipinski definition) is 4. The van der Waals surface area contributed by atoms with Crippen molar-refractivity contribution < 1.29 is 17.9 Å². The van der Waals surface area contributed by atoms with Gasteiger partial charge in [0.15, 0.2) is 0 Å². The molecule has 3 aliphatic rings. The van der Waals surface area contributed by atoms with E-state index in [-0.39, 0.29) is 23.5 Å². The summed E-state index contributed by atoms with van der Waals surface area (Å²) in [7, 11) is -3.18. The molecule has 1 spiro atoms. The molecule has 120 valence electrons. The number of carbonyl (C=O) groups excluding carboxylic acids is 1. The van der Waals surface area contributed by atoms with E-state index < -0.39 is 10.0 Å². The minimum Gasteiger partial charge on any atom is -0.368 e. The zero-order valence-electron chi connectivity index (χ0n) is 12.5. The SMILES string of the molecule is CS(=O)(=O)NC[C@@H]1CCC[C@]2(CCN(C(=O)C3CC3)C2)O1. The molecular weight excluding hydrogens is 292 g/mol. The average Bonchev–Trinajstić information content (AvgIpc) is 3.19. The Balaban J connectivity index is 1.56. The minimum atomic E-state index is -3.18. The average molecular weight is 316 g/mol. The lowest BCUT2D eigenvalue weighted by Gasteiger charge is -2.38. The molecule has 3 fully saturated rings. The highest BCUT2D eigenvalue weighted by atomic mass is 32.2. The predicted molar refractivity (Wildman–Crippen MR) is 78.2 cm³/mol. The maximum atomic E-state index is 12.2. The molecule has 2 aliphatic heterocycles. The van der Waals surface area contributed by atoms with Crippen molar-refractivity contribution in [2.24, 2.45) is 5.92 Å². The van der Waals surface area contributed by atoms with E-state index in [1.54, 1.807) is 0 Å². The van der Waals surface area contributed by atoms with Gasteiger partial charge in [0.25, 0.3) is 0 Å². The summed E-state index contributed by atoms with van der Waals surface area (Å²) >= 11 is 0. The van der Waals surface area contributed by atoms with Gasteiger partial charge >= 0.3 is 0 Å². The second-order valence-corrected chi connectivity index (χ2v) is 8.55. The molecule has 2 atom stereocenters. The number of nitrogens with zero attached hydrogens (tertiary/aromatic N) is 1. The summed E-state index contributed by atoms with van der Waals surface area (Å²) in [6.45, 7) is 1.79. The van der Waals surface area contributed by atoms with Gasteiger partial charge in [0.1, 0.15) is 0 Å². The summed E-state index contributed by atoms with van der Waals surface area (Å²) in [6.07, 6.45) is 6.90. The number of carbonyl (C=O) groups is 1. The first-order valence-corrected chi connectivity index (χ1v) is 9.67. The van der Waals surface area contributed by atoms with E-state index in [0.29, 0.717) is 13.1 Å². The van der Waals surface area contributed by atoms with Crippen LogP contribution in [-0.2, 0) is 19.6 Å². The Hall–Kier alpha value is -0.660. The van der Waals surface area contributed by atoms with Crippen molar-refractivity contribution in [2.45, 2.75) is 50.2 Å². The van der Waals surface area contributed by atoms with Gasteiger partial charge in [-0.1, -0.05) is 0 Å². The molecule has 1 N–H and O–H groups in total. The number of sulfonamides is 1. The molecule has 1 saturated carbocycles. The summed E-state index contributed by atoms with van der Waals surface area (Å²) < 4.78 is 31.1. The van der Waals surface area contributed by atoms with Crippen molar-refractivity contribution in [1.29, 1.82) is 0 Å². The Morgan fingerprint density at radius 3 is 2.76 bits per heavy atom. The topological polar surface area (TPSA) is 75.7 Å². The molecule has 0 aromatic heterocycles. The normalized spacial score (nSPS) is 33.6. The van der Waals surface area contributed by atoms with E-state index in [1.165, 1.54) is 0 Å². The van der Waals surface area contributed by atoms with Gasteiger partial charge < -0.3 is 9.64 Å². The lowest BCUT2D eigenvalue weighted by atomic mass is 9.90. The summed E-state index contributed by atoms with van der Waals surface area (Å²) in [5.74, 6) is 0.540. The van der Waals surface area contributed by atoms with Crippen LogP contribution in [0.15, 0.2) is 0 Å². The Bertz CT molecular complexity index is 517. The summed E-state index contributed by atoms with van der Waals surface area (Å²) in [5.41, 5.74) is -0.243. The Morgan fingerprint density at radius 2 is 2.10 bits per heavy atom. The van der Waals surface area contributed by atoms with Gasteiger partial charge in [-0.3, -0.25) is 4.79 Å². The van der Waals surface area contributed by atoms with Crippen molar-refractivity contribution in [2.75, 3.05) is 25.9 Å². The van der Waals surface area contributed by atoms with E-state index >= 15 is 0 Å². The number of nitrogens with one attached hydrogen (secondary N) is 1. The van der Waals surface area contributed by atoms with Crippen LogP contribution in [0.25, 0.3) is 0 Å². The molecular formula is C14H24N2O4S. The molecule has 6 nitrogen and oxygen atoms in total. The van der Waals surface area contributed by atoms with E-state index in [1.807, 2.05) is 4.90 Å². The van der Waals surface area contributed by atoms with Crippen LogP contribution >= 0.6 is 0 Å². The summed E-state index contributed by atoms with van der Waals surface area (Å²) in [4.78, 5) is 14.1. The molecule has 2 saturated heterocycles. The smallest absolute Gasteiger partial charge is 0.225 e. The zero-order valence-corrected chi connectivity index (χ0v) is 13.3. The lowest BCUT2D eigenvalue weighted by molar-refractivity contribution is -0.138. The fourth-order valence-corrected chi connectivity index (χ4v) is 3.92. The fraction of sp³-hybridized carbons (Fsp3) is 0.929. The Labute approximate surface area is 126 Å². The van der Waals surface area contributed by atoms with Crippen LogP contribution in [0.1, 0.15) is 38.5 Å². The third-order valence-corrected chi connectivity index (χ3v) is 5.39. The second-order valence-electron chi connectivity index (χ2n) is 6.72. The predicted octanol–water partition coefficient (Wildman–Crippen LogP) is 0.486. The number of likely N-dealkylation sites (tertiary alicyclic amines) is 1. The van der Waals surface area contributed by atoms with Gasteiger partial charge in [0.05, 0.1) is 18.0 Å². The lowest BCUT2D eigenvalue weighted by Crippen LogP contribution is -2.47. The Kier molecular flexibility index (Phi) is 4.00. The van der Waals surface area contributed by atoms with E-state index in [2.05, 4.69) is 4.72 Å². The van der Waals surface area contributed by atoms with Crippen LogP contribution < -0.4 is 4.72 Å². The van der Waals surface area contributed by atoms with Gasteiger partial charge in [0, 0.05) is 25.6 Å². The van der Waals surface area contributed by atoms with Crippen LogP contribution in [0.2, 0.25) is 0 Å². The first kappa shape index (κ1) is 15.2. The molecule has 2 heterocycles. The second kappa shape index (κ2) is 5.52. The van der Waals surface area contributed by atoms with Crippen LogP contribution in [0, 0.1) is 5.92 Å². The van der Waals surface area contributed by atoms with Crippen molar-refractivity contribution in [3.05, 3.63) is 0 Å². The maximum absolute atomic E-state index is 12.2. The third kappa shape index (κ3) is 3.76. The molecule has 0 aromatic rings. The number of ether oxygens (including phenoxy) is 1. The molecule has 0 radical (unpaired) electrons. The minimum absolute atomic E-state index is 0.0792. The van der Waals surface area contributed by atoms with E-state index in [9.17, 15) is 13.2 Å². The molecule has 0 aromatic carbocycles. The third-order valence-electron chi connectivity index (χ3n) is 4.70. The van der Waals surface area contributed by atoms with Crippen LogP contribution in [0.4, 0.5) is 0 Å². The first-order valence-electron chi connectivity index (χ1n) is 7.78. The summed E-state index contributed by atoms with van der Waals surface area (Å²) in [6, 6.07) is 0. The number of hydrogen-bond donors (Lipinski definition) is 1. The molecule has 0 unspecified atom stereocenters. The van der Waals surface area contributed by atoms with Crippen molar-refractivity contribution in [3.63, 3.8) is 0 Å². The van der Waals surface area contributed by atoms with Crippen molar-refractivity contribution >= 4 is 15.9 Å². The van der Waals surface area contributed by atoms with Gasteiger partial charge in [-0.15, -0.1) is 0 Å². The summed E-state index contributed by atoms with van der Waals surface area (Å²) in [5, 5.41) is 0. The fourth-order valence-electron chi connectivity index (χ4n) is 3.43. The first-order chi connectivity index (χ1) is 9.87. The standard InChI is InChI=1S/C14H24N2O4S/c1-21(18,19)15-9-12-3-2-6-14(20-12)7-8-16(10-14)13(17)11-4-5-11/h11-12,15H,2-10H2,1H3/t12-,14+/m0/s1. The molecule has 1 amide bonds. The molecule has 7 heteroatoms. The van der Waals surface area contributed by atoms with E-state index in [4.69, 9.17) is 4.74 Å². The van der Waals surface area contributed by atoms with Crippen LogP contribution in [0.3, 0.4) is 0 Å². The highest BCUT2D eigenvalue weighted by Gasteiger charge is 2.46. The van der Waals surface area contributed by atoms with Crippen molar-refractivity contribution in [3.8, 4) is 0 Å². The molecule has 3 rings (SSSR count). The number of amides is 1. The molecule has 21 heavy (non-hydrogen) atoms. The molecule has 1 aliphatic carbocycles. The molecule has 0 bridgehead atoms. The zero-order chi connectivity index (χ0) is 15.1. The van der Waals surface area contributed by atoms with Gasteiger partial charge in [-0.2, -0.15) is 0 Å². The van der Waals surface area contributed by atoms with Gasteiger partial charge in [0.2, 0.25) is 15.9 Å². The van der Waals surface area contributed by atoms with Crippen molar-refractivity contribution in [1.82, 2.24) is 9.62 Å². The number of rotatable bonds is 4. The van der Waals surface area contributed by atoms with Gasteiger partial charge in [-0.05, 0) is 38.5 Å². The Morgan fingerprint density at radius 1 is 1.33 bits per heavy atom. The monoisotopic (exact) mass is 316 g/mol. The van der Waals surface area contributed by atoms with Crippen LogP contribution in [-0.4, -0.2) is 56.8 Å². The highest BCUT2D eigenvalue weighted by molar-refractivity contribution is 7.88. The maximum Gasteiger partial charge on any atom is 0.225 e. The van der Waals surface area contributed by atoms with Gasteiger partial charge in [-0.25, -0.2) is 13.1 Å². The van der Waals surface area contributed by atoms with Crippen LogP contribution in [0.5, 0.6) is 0 Å². The highest BCUT2D eigenvalue weighted by Crippen LogP contribution is 2.39. The van der Waals surface area contributed by atoms with E-state index in [0.717, 1.165) is 51.3 Å². The quantitative estimate of drug-likeness (QED) is 0.819.